The summed E-state index contributed by atoms with van der Waals surface area (Å²) in [6.45, 7) is 0. The van der Waals surface area contributed by atoms with Gasteiger partial charge in [0.15, 0.2) is 0 Å². The van der Waals surface area contributed by atoms with Crippen molar-refractivity contribution in [2.75, 3.05) is 0 Å². The van der Waals surface area contributed by atoms with Gasteiger partial charge in [0.2, 0.25) is 5.75 Å². The van der Waals surface area contributed by atoms with Gasteiger partial charge in [-0.2, -0.15) is 0 Å². The van der Waals surface area contributed by atoms with E-state index in [1.807, 2.05) is 0 Å². The molecule has 2 aromatic carbocycles. The molecule has 2 aromatic rings. The van der Waals surface area contributed by atoms with Crippen molar-refractivity contribution in [1.82, 2.24) is 0 Å². The number of nitrogens with zero attached hydrogens (tertiary/aromatic N) is 3. The van der Waals surface area contributed by atoms with Crippen LogP contribution in [0.1, 0.15) is 5.56 Å². The van der Waals surface area contributed by atoms with Crippen LogP contribution in [0.2, 0.25) is 0 Å². The van der Waals surface area contributed by atoms with Crippen LogP contribution in [0, 0.1) is 20.2 Å². The predicted molar refractivity (Wildman–Crippen MR) is 89.3 cm³/mol. The number of hydrogen-bond acceptors (Lipinski definition) is 7. The molecule has 0 bridgehead atoms. The van der Waals surface area contributed by atoms with Gasteiger partial charge >= 0.3 is 57.1 Å². The molecule has 0 atom stereocenters. The van der Waals surface area contributed by atoms with Crippen LogP contribution in [0.3, 0.4) is 0 Å². The molecule has 124 valence electrons. The van der Waals surface area contributed by atoms with Crippen molar-refractivity contribution in [2.24, 2.45) is 5.16 Å². The van der Waals surface area contributed by atoms with E-state index in [0.29, 0.717) is 14.5 Å². The molecule has 2 rings (SSSR count). The Hall–Kier alpha value is -0.894. The molecule has 0 fully saturated rings. The summed E-state index contributed by atoms with van der Waals surface area (Å²) >= 11 is 6.18. The van der Waals surface area contributed by atoms with E-state index in [9.17, 15) is 25.3 Å². The van der Waals surface area contributed by atoms with E-state index in [1.165, 1.54) is 18.3 Å². The molecule has 0 radical (unpaired) electrons. The summed E-state index contributed by atoms with van der Waals surface area (Å²) in [5.41, 5.74) is -0.520. The standard InChI is InChI=1S/C13H7Br2N3O6.K/c14-9-3-7(4-10(15)13(9)19)6-16-24-12-2-1-8(17(20)21)5-11(12)18(22)23;/h1-6,19H;/q;+1/p-1/b16-6+;. The summed E-state index contributed by atoms with van der Waals surface area (Å²) in [5.74, 6) is -0.487. The molecule has 0 aliphatic heterocycles. The van der Waals surface area contributed by atoms with Gasteiger partial charge in [-0.15, -0.1) is 0 Å². The zero-order valence-electron chi connectivity index (χ0n) is 12.5. The van der Waals surface area contributed by atoms with Crippen molar-refractivity contribution < 1.29 is 71.2 Å². The minimum atomic E-state index is -0.808. The average Bonchev–Trinajstić information content (AvgIpc) is 2.52. The van der Waals surface area contributed by atoms with Gasteiger partial charge in [0.25, 0.3) is 5.69 Å². The van der Waals surface area contributed by atoms with Crippen LogP contribution in [0.15, 0.2) is 44.4 Å². The van der Waals surface area contributed by atoms with Crippen LogP contribution in [-0.2, 0) is 0 Å². The molecule has 25 heavy (non-hydrogen) atoms. The Kier molecular flexibility index (Phi) is 8.60. The summed E-state index contributed by atoms with van der Waals surface area (Å²) in [7, 11) is 0. The first-order valence-corrected chi connectivity index (χ1v) is 7.67. The Morgan fingerprint density at radius 1 is 1.04 bits per heavy atom. The fraction of sp³-hybridized carbons (Fsp3) is 0. The largest absolute Gasteiger partial charge is 1.00 e. The van der Waals surface area contributed by atoms with E-state index in [4.69, 9.17) is 4.84 Å². The van der Waals surface area contributed by atoms with Crippen LogP contribution in [0.25, 0.3) is 0 Å². The molecule has 0 saturated heterocycles. The fourth-order valence-electron chi connectivity index (χ4n) is 1.64. The number of nitro benzene ring substituents is 2. The van der Waals surface area contributed by atoms with Crippen LogP contribution in [-0.4, -0.2) is 16.1 Å². The molecule has 0 spiro atoms. The van der Waals surface area contributed by atoms with Crippen molar-refractivity contribution in [3.63, 3.8) is 0 Å². The van der Waals surface area contributed by atoms with Gasteiger partial charge in [-0.1, -0.05) is 42.8 Å². The Morgan fingerprint density at radius 2 is 1.64 bits per heavy atom. The second kappa shape index (κ2) is 9.71. The quantitative estimate of drug-likeness (QED) is 0.255. The maximum atomic E-state index is 11.5. The van der Waals surface area contributed by atoms with Crippen LogP contribution in [0.5, 0.6) is 11.5 Å². The van der Waals surface area contributed by atoms with Gasteiger partial charge in [0, 0.05) is 15.0 Å². The molecule has 0 aliphatic carbocycles. The minimum Gasteiger partial charge on any atom is -0.871 e. The topological polar surface area (TPSA) is 131 Å². The molecule has 0 aromatic heterocycles. The molecule has 0 amide bonds. The van der Waals surface area contributed by atoms with Gasteiger partial charge in [0.1, 0.15) is 0 Å². The first-order chi connectivity index (χ1) is 11.3. The molecule has 0 saturated carbocycles. The van der Waals surface area contributed by atoms with E-state index >= 15 is 0 Å². The number of non-ortho nitro benzene ring substituents is 1. The van der Waals surface area contributed by atoms with Gasteiger partial charge in [-0.3, -0.25) is 20.2 Å². The van der Waals surface area contributed by atoms with Crippen molar-refractivity contribution in [3.05, 3.63) is 65.1 Å². The van der Waals surface area contributed by atoms with Crippen molar-refractivity contribution >= 4 is 49.4 Å². The van der Waals surface area contributed by atoms with E-state index in [2.05, 4.69) is 37.0 Å². The van der Waals surface area contributed by atoms with Crippen molar-refractivity contribution in [3.8, 4) is 11.5 Å². The van der Waals surface area contributed by atoms with Crippen LogP contribution in [0.4, 0.5) is 11.4 Å². The Labute approximate surface area is 200 Å². The third-order valence-corrected chi connectivity index (χ3v) is 3.90. The second-order valence-corrected chi connectivity index (χ2v) is 6.01. The van der Waals surface area contributed by atoms with Gasteiger partial charge in [-0.25, -0.2) is 0 Å². The summed E-state index contributed by atoms with van der Waals surface area (Å²) in [6, 6.07) is 5.91. The van der Waals surface area contributed by atoms with Crippen molar-refractivity contribution in [2.45, 2.75) is 0 Å². The maximum Gasteiger partial charge on any atom is 1.00 e. The Morgan fingerprint density at radius 3 is 2.16 bits per heavy atom. The molecule has 0 aliphatic rings. The van der Waals surface area contributed by atoms with E-state index in [1.54, 1.807) is 0 Å². The smallest absolute Gasteiger partial charge is 0.871 e. The summed E-state index contributed by atoms with van der Waals surface area (Å²) in [6.07, 6.45) is 1.24. The first kappa shape index (κ1) is 22.1. The number of halogens is 2. The predicted octanol–water partition coefficient (Wildman–Crippen LogP) is 0.519. The van der Waals surface area contributed by atoms with Crippen LogP contribution >= 0.6 is 31.9 Å². The molecule has 9 nitrogen and oxygen atoms in total. The third kappa shape index (κ3) is 5.81. The number of hydrogen-bond donors (Lipinski definition) is 0. The van der Waals surface area contributed by atoms with Crippen LogP contribution < -0.4 is 61.3 Å². The zero-order valence-corrected chi connectivity index (χ0v) is 18.8. The SMILES string of the molecule is O=[N+]([O-])c1ccc(O/N=C/c2cc(Br)c([O-])c(Br)c2)c([N+](=O)[O-])c1.[K+]. The first-order valence-electron chi connectivity index (χ1n) is 6.09. The molecule has 12 heteroatoms. The van der Waals surface area contributed by atoms with E-state index in [-0.39, 0.29) is 62.9 Å². The molecule has 0 unspecified atom stereocenters. The molecular formula is C13H6Br2KN3O6. The third-order valence-electron chi connectivity index (χ3n) is 2.72. The number of nitro groups is 2. The van der Waals surface area contributed by atoms with E-state index < -0.39 is 21.2 Å². The summed E-state index contributed by atoms with van der Waals surface area (Å²) < 4.78 is 0.610. The van der Waals surface area contributed by atoms with Gasteiger partial charge in [0.05, 0.1) is 22.1 Å². The fourth-order valence-corrected chi connectivity index (χ4v) is 2.86. The molecule has 0 heterocycles. The average molecular weight is 499 g/mol. The molecule has 0 N–H and O–H groups in total. The summed E-state index contributed by atoms with van der Waals surface area (Å²) in [4.78, 5) is 25.0. The second-order valence-electron chi connectivity index (χ2n) is 4.31. The Bertz CT molecular complexity index is 839. The van der Waals surface area contributed by atoms with E-state index in [0.717, 1.165) is 18.2 Å². The maximum absolute atomic E-state index is 11.5. The molecular weight excluding hydrogens is 493 g/mol. The summed E-state index contributed by atoms with van der Waals surface area (Å²) in [5, 5.41) is 36.7. The van der Waals surface area contributed by atoms with Crippen molar-refractivity contribution in [1.29, 1.82) is 0 Å². The Balaban J connectivity index is 0.00000312. The normalized spacial score (nSPS) is 10.3. The monoisotopic (exact) mass is 497 g/mol. The zero-order chi connectivity index (χ0) is 17.9. The number of benzene rings is 2. The minimum absolute atomic E-state index is 0. The van der Waals surface area contributed by atoms with Gasteiger partial charge in [-0.05, 0) is 23.8 Å². The number of rotatable bonds is 5. The van der Waals surface area contributed by atoms with Gasteiger partial charge < -0.3 is 9.94 Å². The number of oxime groups is 1.